The van der Waals surface area contributed by atoms with Crippen LogP contribution in [0.2, 0.25) is 0 Å². The normalized spacial score (nSPS) is 24.9. The zero-order chi connectivity index (χ0) is 28.1. The molecule has 0 N–H and O–H groups in total. The van der Waals surface area contributed by atoms with Crippen molar-refractivity contribution in [1.82, 2.24) is 19.4 Å². The Labute approximate surface area is 239 Å². The fourth-order valence-corrected chi connectivity index (χ4v) is 7.82. The minimum Gasteiger partial charge on any atom is -0.444 e. The van der Waals surface area contributed by atoms with Gasteiger partial charge in [-0.05, 0) is 109 Å². The summed E-state index contributed by atoms with van der Waals surface area (Å²) in [5, 5.41) is 0. The quantitative estimate of drug-likeness (QED) is 0.343. The van der Waals surface area contributed by atoms with Crippen molar-refractivity contribution in [1.29, 1.82) is 0 Å². The average Bonchev–Trinajstić information content (AvgIpc) is 3.37. The molecule has 0 saturated carbocycles. The molecule has 40 heavy (non-hydrogen) atoms. The van der Waals surface area contributed by atoms with E-state index in [1.54, 1.807) is 0 Å². The van der Waals surface area contributed by atoms with E-state index in [9.17, 15) is 4.79 Å². The van der Waals surface area contributed by atoms with E-state index in [1.807, 2.05) is 25.7 Å². The van der Waals surface area contributed by atoms with E-state index in [4.69, 9.17) is 9.72 Å². The van der Waals surface area contributed by atoms with E-state index in [2.05, 4.69) is 71.8 Å². The van der Waals surface area contributed by atoms with E-state index in [0.29, 0.717) is 18.1 Å². The van der Waals surface area contributed by atoms with Crippen molar-refractivity contribution in [2.45, 2.75) is 109 Å². The summed E-state index contributed by atoms with van der Waals surface area (Å²) < 4.78 is 8.23. The number of hydrogen-bond donors (Lipinski definition) is 0. The molecular formula is C34H46N4O2. The number of benzene rings is 2. The predicted octanol–water partition coefficient (Wildman–Crippen LogP) is 7.18. The molecule has 3 aliphatic rings. The average molecular weight is 543 g/mol. The molecule has 0 aliphatic carbocycles. The van der Waals surface area contributed by atoms with Gasteiger partial charge in [0.25, 0.3) is 0 Å². The number of para-hydroxylation sites is 2. The van der Waals surface area contributed by atoms with Crippen molar-refractivity contribution >= 4 is 17.1 Å². The second-order valence-electron chi connectivity index (χ2n) is 13.6. The van der Waals surface area contributed by atoms with Gasteiger partial charge in [-0.3, -0.25) is 4.90 Å². The fraction of sp³-hybridized carbons (Fsp3) is 0.588. The molecule has 3 aromatic rings. The number of hydrogen-bond acceptors (Lipinski definition) is 4. The minimum atomic E-state index is -0.463. The summed E-state index contributed by atoms with van der Waals surface area (Å²) in [6.07, 6.45) is 7.97. The summed E-state index contributed by atoms with van der Waals surface area (Å²) in [7, 11) is 0. The summed E-state index contributed by atoms with van der Waals surface area (Å²) >= 11 is 0. The molecule has 6 rings (SSSR count). The van der Waals surface area contributed by atoms with Gasteiger partial charge in [0.05, 0.1) is 11.0 Å². The molecule has 6 heteroatoms. The molecule has 1 amide bonds. The summed E-state index contributed by atoms with van der Waals surface area (Å²) in [4.78, 5) is 22.5. The summed E-state index contributed by atoms with van der Waals surface area (Å²) in [6.45, 7) is 12.8. The number of amides is 1. The standard InChI is InChI=1S/C34H46N4O2/c1-24-10-12-26(13-11-24)34(16-19-36(20-17-34)32(39)40-33(3,4)5)18-21-37-27-14-15-28(37)23-29(22-27)38-25(2)35-30-8-6-7-9-31(30)38/h6-13,27-29H,14-23H2,1-5H3/t27-,28+,29?. The number of carbonyl (C=O) groups is 1. The van der Waals surface area contributed by atoms with Crippen molar-refractivity contribution in [3.05, 3.63) is 65.5 Å². The molecule has 3 fully saturated rings. The molecule has 2 bridgehead atoms. The van der Waals surface area contributed by atoms with Crippen molar-refractivity contribution in [3.63, 3.8) is 0 Å². The molecule has 6 nitrogen and oxygen atoms in total. The summed E-state index contributed by atoms with van der Waals surface area (Å²) in [5.74, 6) is 1.15. The Balaban J connectivity index is 1.17. The van der Waals surface area contributed by atoms with Gasteiger partial charge in [-0.2, -0.15) is 0 Å². The van der Waals surface area contributed by atoms with Crippen LogP contribution in [0.5, 0.6) is 0 Å². The van der Waals surface area contributed by atoms with E-state index >= 15 is 0 Å². The second kappa shape index (κ2) is 10.5. The molecule has 0 radical (unpaired) electrons. The maximum absolute atomic E-state index is 12.8. The zero-order valence-electron chi connectivity index (χ0n) is 25.0. The van der Waals surface area contributed by atoms with Crippen molar-refractivity contribution < 1.29 is 9.53 Å². The van der Waals surface area contributed by atoms with Crippen LogP contribution < -0.4 is 0 Å². The Morgan fingerprint density at radius 3 is 2.25 bits per heavy atom. The Bertz CT molecular complexity index is 1330. The fourth-order valence-electron chi connectivity index (χ4n) is 7.82. The lowest BCUT2D eigenvalue weighted by molar-refractivity contribution is 0.0144. The number of aryl methyl sites for hydroxylation is 2. The third kappa shape index (κ3) is 5.27. The summed E-state index contributed by atoms with van der Waals surface area (Å²) in [6, 6.07) is 19.6. The monoisotopic (exact) mass is 542 g/mol. The number of piperidine rings is 2. The highest BCUT2D eigenvalue weighted by Crippen LogP contribution is 2.45. The van der Waals surface area contributed by atoms with Gasteiger partial charge in [-0.15, -0.1) is 0 Å². The highest BCUT2D eigenvalue weighted by molar-refractivity contribution is 5.76. The molecule has 3 aliphatic heterocycles. The van der Waals surface area contributed by atoms with Gasteiger partial charge in [0.1, 0.15) is 11.4 Å². The molecule has 1 aromatic heterocycles. The van der Waals surface area contributed by atoms with E-state index in [-0.39, 0.29) is 11.5 Å². The maximum atomic E-state index is 12.8. The van der Waals surface area contributed by atoms with Gasteiger partial charge in [0.15, 0.2) is 0 Å². The predicted molar refractivity (Wildman–Crippen MR) is 161 cm³/mol. The van der Waals surface area contributed by atoms with Gasteiger partial charge in [-0.25, -0.2) is 9.78 Å². The van der Waals surface area contributed by atoms with E-state index in [0.717, 1.165) is 50.2 Å². The van der Waals surface area contributed by atoms with Crippen LogP contribution in [-0.4, -0.2) is 62.8 Å². The maximum Gasteiger partial charge on any atom is 0.410 e. The summed E-state index contributed by atoms with van der Waals surface area (Å²) in [5.41, 5.74) is 4.77. The Kier molecular flexibility index (Phi) is 7.18. The molecular weight excluding hydrogens is 496 g/mol. The first-order valence-electron chi connectivity index (χ1n) is 15.4. The first-order chi connectivity index (χ1) is 19.1. The lowest BCUT2D eigenvalue weighted by atomic mass is 9.70. The molecule has 2 aromatic carbocycles. The zero-order valence-corrected chi connectivity index (χ0v) is 25.0. The lowest BCUT2D eigenvalue weighted by Crippen LogP contribution is -2.49. The van der Waals surface area contributed by atoms with Crippen molar-refractivity contribution in [2.75, 3.05) is 19.6 Å². The first-order valence-corrected chi connectivity index (χ1v) is 15.4. The lowest BCUT2D eigenvalue weighted by Gasteiger charge is -2.45. The van der Waals surface area contributed by atoms with Crippen LogP contribution in [0.4, 0.5) is 4.79 Å². The largest absolute Gasteiger partial charge is 0.444 e. The van der Waals surface area contributed by atoms with Crippen LogP contribution in [0.15, 0.2) is 48.5 Å². The van der Waals surface area contributed by atoms with Crippen molar-refractivity contribution in [2.24, 2.45) is 0 Å². The van der Waals surface area contributed by atoms with Crippen LogP contribution in [0.1, 0.15) is 88.7 Å². The Morgan fingerprint density at radius 1 is 0.950 bits per heavy atom. The van der Waals surface area contributed by atoms with Crippen LogP contribution in [0, 0.1) is 13.8 Å². The van der Waals surface area contributed by atoms with Crippen LogP contribution in [0.3, 0.4) is 0 Å². The highest BCUT2D eigenvalue weighted by Gasteiger charge is 2.44. The first kappa shape index (κ1) is 27.3. The number of ether oxygens (including phenoxy) is 1. The third-order valence-electron chi connectivity index (χ3n) is 9.88. The molecule has 4 heterocycles. The Morgan fingerprint density at radius 2 is 1.60 bits per heavy atom. The number of nitrogens with zero attached hydrogens (tertiary/aromatic N) is 4. The molecule has 0 spiro atoms. The second-order valence-corrected chi connectivity index (χ2v) is 13.6. The van der Waals surface area contributed by atoms with Gasteiger partial charge in [0, 0.05) is 31.2 Å². The number of carbonyl (C=O) groups excluding carboxylic acids is 1. The third-order valence-corrected chi connectivity index (χ3v) is 9.88. The van der Waals surface area contributed by atoms with Gasteiger partial charge in [-0.1, -0.05) is 42.0 Å². The highest BCUT2D eigenvalue weighted by atomic mass is 16.6. The smallest absolute Gasteiger partial charge is 0.410 e. The molecule has 1 unspecified atom stereocenters. The number of rotatable bonds is 5. The van der Waals surface area contributed by atoms with Gasteiger partial charge in [0.2, 0.25) is 0 Å². The number of likely N-dealkylation sites (tertiary alicyclic amines) is 1. The van der Waals surface area contributed by atoms with Gasteiger partial charge >= 0.3 is 6.09 Å². The molecule has 3 saturated heterocycles. The van der Waals surface area contributed by atoms with Crippen LogP contribution >= 0.6 is 0 Å². The minimum absolute atomic E-state index is 0.0969. The molecule has 3 atom stereocenters. The van der Waals surface area contributed by atoms with E-state index in [1.165, 1.54) is 42.3 Å². The van der Waals surface area contributed by atoms with Crippen LogP contribution in [0.25, 0.3) is 11.0 Å². The van der Waals surface area contributed by atoms with Crippen molar-refractivity contribution in [3.8, 4) is 0 Å². The number of fused-ring (bicyclic) bond motifs is 3. The SMILES string of the molecule is Cc1ccc(C2(CCN3[C@@H]4CC[C@H]3CC(n3c(C)nc5ccccc53)C4)CCN(C(=O)OC(C)(C)C)CC2)cc1. The molecule has 214 valence electrons. The van der Waals surface area contributed by atoms with Crippen LogP contribution in [-0.2, 0) is 10.2 Å². The Hall–Kier alpha value is -2.86. The number of aromatic nitrogens is 2. The van der Waals surface area contributed by atoms with E-state index < -0.39 is 5.60 Å². The topological polar surface area (TPSA) is 50.6 Å². The van der Waals surface area contributed by atoms with Gasteiger partial charge < -0.3 is 14.2 Å². The number of imidazole rings is 1.